The summed E-state index contributed by atoms with van der Waals surface area (Å²) in [6, 6.07) is 2.91. The third kappa shape index (κ3) is 2.47. The Hall–Kier alpha value is -1.20. The predicted molar refractivity (Wildman–Crippen MR) is 79.0 cm³/mol. The second-order valence-corrected chi connectivity index (χ2v) is 5.47. The van der Waals surface area contributed by atoms with Gasteiger partial charge in [0.15, 0.2) is 0 Å². The van der Waals surface area contributed by atoms with Crippen molar-refractivity contribution in [3.05, 3.63) is 24.0 Å². The SMILES string of the molecule is CC1CN(c2cnccc2C(N)=S)CC(C)N1C. The molecule has 2 N–H and O–H groups in total. The highest BCUT2D eigenvalue weighted by Crippen LogP contribution is 2.24. The lowest BCUT2D eigenvalue weighted by atomic mass is 10.1. The van der Waals surface area contributed by atoms with Crippen LogP contribution in [-0.4, -0.2) is 47.1 Å². The number of nitrogens with two attached hydrogens (primary N) is 1. The average molecular weight is 264 g/mol. The normalized spacial score (nSPS) is 25.2. The highest BCUT2D eigenvalue weighted by Gasteiger charge is 2.27. The number of nitrogens with zero attached hydrogens (tertiary/aromatic N) is 3. The van der Waals surface area contributed by atoms with E-state index in [1.807, 2.05) is 12.3 Å². The van der Waals surface area contributed by atoms with E-state index in [4.69, 9.17) is 18.0 Å². The zero-order valence-corrected chi connectivity index (χ0v) is 11.9. The standard InChI is InChI=1S/C13H20N4S/c1-9-7-17(8-10(2)16(9)3)12-6-15-5-4-11(12)13(14)18/h4-6,9-10H,7-8H2,1-3H3,(H2,14,18). The van der Waals surface area contributed by atoms with Gasteiger partial charge < -0.3 is 10.6 Å². The Balaban J connectivity index is 2.30. The number of piperazine rings is 1. The topological polar surface area (TPSA) is 45.4 Å². The maximum atomic E-state index is 5.78. The van der Waals surface area contributed by atoms with Crippen molar-refractivity contribution < 1.29 is 0 Å². The van der Waals surface area contributed by atoms with Gasteiger partial charge in [0.1, 0.15) is 4.99 Å². The molecule has 4 nitrogen and oxygen atoms in total. The highest BCUT2D eigenvalue weighted by molar-refractivity contribution is 7.80. The molecule has 1 aliphatic heterocycles. The minimum absolute atomic E-state index is 0.437. The molecule has 1 saturated heterocycles. The zero-order chi connectivity index (χ0) is 13.3. The van der Waals surface area contributed by atoms with Crippen LogP contribution in [0.4, 0.5) is 5.69 Å². The van der Waals surface area contributed by atoms with Gasteiger partial charge in [0.25, 0.3) is 0 Å². The summed E-state index contributed by atoms with van der Waals surface area (Å²) in [6.45, 7) is 6.42. The summed E-state index contributed by atoms with van der Waals surface area (Å²) in [7, 11) is 2.17. The fourth-order valence-corrected chi connectivity index (χ4v) is 2.62. The van der Waals surface area contributed by atoms with Crippen LogP contribution in [0, 0.1) is 0 Å². The smallest absolute Gasteiger partial charge is 0.106 e. The van der Waals surface area contributed by atoms with E-state index >= 15 is 0 Å². The second-order valence-electron chi connectivity index (χ2n) is 5.03. The van der Waals surface area contributed by atoms with Crippen LogP contribution in [0.25, 0.3) is 0 Å². The van der Waals surface area contributed by atoms with E-state index in [1.54, 1.807) is 6.20 Å². The van der Waals surface area contributed by atoms with Crippen LogP contribution >= 0.6 is 12.2 Å². The van der Waals surface area contributed by atoms with E-state index in [0.29, 0.717) is 17.1 Å². The van der Waals surface area contributed by atoms with Crippen molar-refractivity contribution in [2.75, 3.05) is 25.0 Å². The van der Waals surface area contributed by atoms with Crippen LogP contribution in [0.5, 0.6) is 0 Å². The summed E-state index contributed by atoms with van der Waals surface area (Å²) in [5, 5.41) is 0. The molecule has 1 aromatic rings. The molecular weight excluding hydrogens is 244 g/mol. The van der Waals surface area contributed by atoms with Crippen molar-refractivity contribution in [2.45, 2.75) is 25.9 Å². The summed E-state index contributed by atoms with van der Waals surface area (Å²) >= 11 is 5.11. The maximum Gasteiger partial charge on any atom is 0.106 e. The largest absolute Gasteiger partial charge is 0.389 e. The Bertz CT molecular complexity index is 436. The Morgan fingerprint density at radius 2 is 2.00 bits per heavy atom. The van der Waals surface area contributed by atoms with Crippen LogP contribution < -0.4 is 10.6 Å². The number of likely N-dealkylation sites (N-methyl/N-ethyl adjacent to an activating group) is 1. The molecule has 18 heavy (non-hydrogen) atoms. The van der Waals surface area contributed by atoms with E-state index in [1.165, 1.54) is 0 Å². The van der Waals surface area contributed by atoms with Gasteiger partial charge in [-0.05, 0) is 27.0 Å². The quantitative estimate of drug-likeness (QED) is 0.814. The van der Waals surface area contributed by atoms with E-state index in [2.05, 4.69) is 35.7 Å². The van der Waals surface area contributed by atoms with Crippen molar-refractivity contribution >= 4 is 22.9 Å². The first kappa shape index (κ1) is 13.2. The number of hydrogen-bond donors (Lipinski definition) is 1. The van der Waals surface area contributed by atoms with Gasteiger partial charge in [-0.25, -0.2) is 0 Å². The lowest BCUT2D eigenvalue weighted by molar-refractivity contribution is 0.170. The van der Waals surface area contributed by atoms with Gasteiger partial charge in [-0.15, -0.1) is 0 Å². The summed E-state index contributed by atoms with van der Waals surface area (Å²) in [5.74, 6) is 0. The van der Waals surface area contributed by atoms with E-state index in [9.17, 15) is 0 Å². The van der Waals surface area contributed by atoms with Gasteiger partial charge >= 0.3 is 0 Å². The monoisotopic (exact) mass is 264 g/mol. The molecule has 0 aliphatic carbocycles. The third-order valence-electron chi connectivity index (χ3n) is 3.77. The molecule has 2 unspecified atom stereocenters. The van der Waals surface area contributed by atoms with Gasteiger partial charge in [-0.2, -0.15) is 0 Å². The Morgan fingerprint density at radius 3 is 2.56 bits per heavy atom. The number of aromatic nitrogens is 1. The van der Waals surface area contributed by atoms with E-state index < -0.39 is 0 Å². The molecule has 0 aromatic carbocycles. The zero-order valence-electron chi connectivity index (χ0n) is 11.1. The number of anilines is 1. The molecule has 1 fully saturated rings. The summed E-state index contributed by atoms with van der Waals surface area (Å²) < 4.78 is 0. The molecule has 0 saturated carbocycles. The van der Waals surface area contributed by atoms with Crippen molar-refractivity contribution in [3.63, 3.8) is 0 Å². The van der Waals surface area contributed by atoms with Gasteiger partial charge in [0, 0.05) is 36.9 Å². The minimum atomic E-state index is 0.437. The van der Waals surface area contributed by atoms with Crippen LogP contribution in [0.1, 0.15) is 19.4 Å². The first-order valence-electron chi connectivity index (χ1n) is 6.21. The fraction of sp³-hybridized carbons (Fsp3) is 0.538. The number of hydrogen-bond acceptors (Lipinski definition) is 4. The Labute approximate surface area is 114 Å². The summed E-state index contributed by atoms with van der Waals surface area (Å²) in [6.07, 6.45) is 3.60. The van der Waals surface area contributed by atoms with Crippen LogP contribution in [0.2, 0.25) is 0 Å². The molecule has 1 aromatic heterocycles. The van der Waals surface area contributed by atoms with Crippen LogP contribution in [0.15, 0.2) is 18.5 Å². The molecule has 0 amide bonds. The molecule has 2 heterocycles. The molecule has 0 bridgehead atoms. The fourth-order valence-electron chi connectivity index (χ4n) is 2.45. The lowest BCUT2D eigenvalue weighted by Crippen LogP contribution is -2.55. The molecule has 2 atom stereocenters. The second kappa shape index (κ2) is 5.20. The van der Waals surface area contributed by atoms with Crippen molar-refractivity contribution in [1.29, 1.82) is 0 Å². The van der Waals surface area contributed by atoms with E-state index in [0.717, 1.165) is 24.3 Å². The van der Waals surface area contributed by atoms with Crippen molar-refractivity contribution in [1.82, 2.24) is 9.88 Å². The summed E-state index contributed by atoms with van der Waals surface area (Å²) in [5.41, 5.74) is 7.76. The first-order valence-corrected chi connectivity index (χ1v) is 6.62. The van der Waals surface area contributed by atoms with Gasteiger partial charge in [-0.3, -0.25) is 9.88 Å². The molecule has 98 valence electrons. The number of pyridine rings is 1. The molecular formula is C13H20N4S. The van der Waals surface area contributed by atoms with E-state index in [-0.39, 0.29) is 0 Å². The first-order chi connectivity index (χ1) is 8.50. The molecule has 5 heteroatoms. The van der Waals surface area contributed by atoms with Crippen molar-refractivity contribution in [2.24, 2.45) is 5.73 Å². The lowest BCUT2D eigenvalue weighted by Gasteiger charge is -2.43. The van der Waals surface area contributed by atoms with Crippen LogP contribution in [-0.2, 0) is 0 Å². The number of thiocarbonyl (C=S) groups is 1. The van der Waals surface area contributed by atoms with Gasteiger partial charge in [-0.1, -0.05) is 12.2 Å². The Kier molecular flexibility index (Phi) is 3.82. The minimum Gasteiger partial charge on any atom is -0.389 e. The maximum absolute atomic E-state index is 5.78. The highest BCUT2D eigenvalue weighted by atomic mass is 32.1. The van der Waals surface area contributed by atoms with Crippen LogP contribution in [0.3, 0.4) is 0 Å². The van der Waals surface area contributed by atoms with Crippen molar-refractivity contribution in [3.8, 4) is 0 Å². The Morgan fingerprint density at radius 1 is 1.39 bits per heavy atom. The van der Waals surface area contributed by atoms with Gasteiger partial charge in [0.05, 0.1) is 11.9 Å². The number of rotatable bonds is 2. The predicted octanol–water partition coefficient (Wildman–Crippen LogP) is 1.24. The third-order valence-corrected chi connectivity index (χ3v) is 3.99. The molecule has 0 spiro atoms. The molecule has 1 aliphatic rings. The molecule has 0 radical (unpaired) electrons. The average Bonchev–Trinajstić information content (AvgIpc) is 2.35. The van der Waals surface area contributed by atoms with Gasteiger partial charge in [0.2, 0.25) is 0 Å². The molecule has 2 rings (SSSR count). The summed E-state index contributed by atoms with van der Waals surface area (Å²) in [4.78, 5) is 9.36.